The normalized spacial score (nSPS) is 12.0. The number of halogens is 5. The van der Waals surface area contributed by atoms with Crippen LogP contribution in [0.4, 0.5) is 22.0 Å². The molecule has 0 radical (unpaired) electrons. The van der Waals surface area contributed by atoms with Crippen molar-refractivity contribution in [3.63, 3.8) is 0 Å². The summed E-state index contributed by atoms with van der Waals surface area (Å²) in [6.45, 7) is -2.06. The number of carbonyl (C=O) groups is 1. The van der Waals surface area contributed by atoms with Gasteiger partial charge in [-0.05, 0) is 18.2 Å². The Morgan fingerprint density at radius 3 is 2.44 bits per heavy atom. The minimum absolute atomic E-state index is 0.127. The molecule has 2 rings (SSSR count). The number of pyridine rings is 1. The number of thioether (sulfide) groups is 1. The van der Waals surface area contributed by atoms with Gasteiger partial charge >= 0.3 is 18.1 Å². The predicted octanol–water partition coefficient (Wildman–Crippen LogP) is 3.37. The standard InChI is InChI=1S/C14H10F5N3O2S/c15-13(16,14(17,18)19)8-24-11(23)7-25-12-21-6-4-10(22-12)9-3-1-2-5-20-9/h1-6H,7-8H2. The topological polar surface area (TPSA) is 65.0 Å². The molecule has 0 spiro atoms. The van der Waals surface area contributed by atoms with Gasteiger partial charge in [-0.25, -0.2) is 9.97 Å². The molecule has 25 heavy (non-hydrogen) atoms. The van der Waals surface area contributed by atoms with Crippen LogP contribution in [0.5, 0.6) is 0 Å². The highest BCUT2D eigenvalue weighted by molar-refractivity contribution is 7.99. The van der Waals surface area contributed by atoms with Crippen LogP contribution in [0.15, 0.2) is 41.8 Å². The van der Waals surface area contributed by atoms with Crippen molar-refractivity contribution < 1.29 is 31.5 Å². The van der Waals surface area contributed by atoms with Gasteiger partial charge in [-0.3, -0.25) is 9.78 Å². The van der Waals surface area contributed by atoms with Gasteiger partial charge in [0.15, 0.2) is 11.8 Å². The highest BCUT2D eigenvalue weighted by Crippen LogP contribution is 2.35. The molecule has 134 valence electrons. The monoisotopic (exact) mass is 379 g/mol. The van der Waals surface area contributed by atoms with Gasteiger partial charge in [0, 0.05) is 12.4 Å². The van der Waals surface area contributed by atoms with Crippen LogP contribution in [0.25, 0.3) is 11.4 Å². The van der Waals surface area contributed by atoms with Crippen LogP contribution in [-0.2, 0) is 9.53 Å². The largest absolute Gasteiger partial charge is 0.458 e. The number of alkyl halides is 5. The van der Waals surface area contributed by atoms with E-state index in [-0.39, 0.29) is 5.16 Å². The van der Waals surface area contributed by atoms with Crippen LogP contribution < -0.4 is 0 Å². The van der Waals surface area contributed by atoms with Crippen LogP contribution in [0.2, 0.25) is 0 Å². The molecule has 0 bridgehead atoms. The van der Waals surface area contributed by atoms with Gasteiger partial charge in [-0.1, -0.05) is 17.8 Å². The average Bonchev–Trinajstić information content (AvgIpc) is 2.58. The zero-order valence-corrected chi connectivity index (χ0v) is 13.2. The Kier molecular flexibility index (Phi) is 5.88. The van der Waals surface area contributed by atoms with E-state index in [0.29, 0.717) is 11.4 Å². The molecule has 0 aliphatic heterocycles. The summed E-state index contributed by atoms with van der Waals surface area (Å²) < 4.78 is 65.2. The molecule has 2 aromatic heterocycles. The Hall–Kier alpha value is -2.30. The number of hydrogen-bond donors (Lipinski definition) is 0. The quantitative estimate of drug-likeness (QED) is 0.332. The molecule has 2 aromatic rings. The van der Waals surface area contributed by atoms with Gasteiger partial charge in [0.1, 0.15) is 0 Å². The molecule has 5 nitrogen and oxygen atoms in total. The minimum Gasteiger partial charge on any atom is -0.458 e. The summed E-state index contributed by atoms with van der Waals surface area (Å²) in [5, 5.41) is 0.127. The molecule has 0 unspecified atom stereocenters. The summed E-state index contributed by atoms with van der Waals surface area (Å²) in [6, 6.07) is 6.74. The first-order valence-corrected chi connectivity index (χ1v) is 7.65. The Balaban J connectivity index is 1.90. The highest BCUT2D eigenvalue weighted by Gasteiger charge is 2.58. The lowest BCUT2D eigenvalue weighted by Crippen LogP contribution is -2.41. The summed E-state index contributed by atoms with van der Waals surface area (Å²) in [4.78, 5) is 23.4. The summed E-state index contributed by atoms with van der Waals surface area (Å²) in [7, 11) is 0. The lowest BCUT2D eigenvalue weighted by molar-refractivity contribution is -0.293. The first-order valence-electron chi connectivity index (χ1n) is 6.66. The molecule has 0 N–H and O–H groups in total. The molecule has 0 aliphatic carbocycles. The summed E-state index contributed by atoms with van der Waals surface area (Å²) in [5.74, 6) is -6.84. The van der Waals surface area contributed by atoms with E-state index in [1.165, 1.54) is 6.20 Å². The molecule has 0 fully saturated rings. The van der Waals surface area contributed by atoms with E-state index in [9.17, 15) is 26.7 Å². The smallest absolute Gasteiger partial charge is 0.456 e. The van der Waals surface area contributed by atoms with Gasteiger partial charge in [-0.15, -0.1) is 0 Å². The zero-order valence-electron chi connectivity index (χ0n) is 12.3. The fourth-order valence-corrected chi connectivity index (χ4v) is 2.11. The van der Waals surface area contributed by atoms with E-state index in [2.05, 4.69) is 19.7 Å². The Labute approximate surface area is 142 Å². The number of hydrogen-bond acceptors (Lipinski definition) is 6. The molecule has 0 saturated carbocycles. The number of nitrogens with zero attached hydrogens (tertiary/aromatic N) is 3. The van der Waals surface area contributed by atoms with Gasteiger partial charge in [-0.2, -0.15) is 22.0 Å². The van der Waals surface area contributed by atoms with Crippen molar-refractivity contribution in [2.75, 3.05) is 12.4 Å². The lowest BCUT2D eigenvalue weighted by atomic mass is 10.3. The molecule has 2 heterocycles. The van der Waals surface area contributed by atoms with Gasteiger partial charge in [0.2, 0.25) is 0 Å². The zero-order chi connectivity index (χ0) is 18.5. The second kappa shape index (κ2) is 7.72. The first-order chi connectivity index (χ1) is 11.7. The maximum Gasteiger partial charge on any atom is 0.456 e. The lowest BCUT2D eigenvalue weighted by Gasteiger charge is -2.18. The second-order valence-electron chi connectivity index (χ2n) is 4.59. The van der Waals surface area contributed by atoms with Gasteiger partial charge in [0.05, 0.1) is 17.1 Å². The van der Waals surface area contributed by atoms with Crippen LogP contribution in [0, 0.1) is 0 Å². The summed E-state index contributed by atoms with van der Waals surface area (Å²) in [6.07, 6.45) is -2.81. The van der Waals surface area contributed by atoms with Crippen molar-refractivity contribution in [3.8, 4) is 11.4 Å². The van der Waals surface area contributed by atoms with E-state index in [4.69, 9.17) is 0 Å². The van der Waals surface area contributed by atoms with Crippen molar-refractivity contribution >= 4 is 17.7 Å². The van der Waals surface area contributed by atoms with E-state index in [1.54, 1.807) is 30.5 Å². The molecule has 0 saturated heterocycles. The fraction of sp³-hybridized carbons (Fsp3) is 0.286. The van der Waals surface area contributed by atoms with Crippen LogP contribution in [0.3, 0.4) is 0 Å². The second-order valence-corrected chi connectivity index (χ2v) is 5.53. The SMILES string of the molecule is O=C(CSc1nccc(-c2ccccn2)n1)OCC(F)(F)C(F)(F)F. The van der Waals surface area contributed by atoms with E-state index in [1.807, 2.05) is 0 Å². The molecule has 0 aliphatic rings. The predicted molar refractivity (Wildman–Crippen MR) is 77.9 cm³/mol. The van der Waals surface area contributed by atoms with Crippen LogP contribution in [0.1, 0.15) is 0 Å². The van der Waals surface area contributed by atoms with E-state index >= 15 is 0 Å². The van der Waals surface area contributed by atoms with Crippen LogP contribution in [-0.4, -0.2) is 45.4 Å². The number of esters is 1. The Morgan fingerprint density at radius 1 is 1.04 bits per heavy atom. The molecule has 0 amide bonds. The Bertz CT molecular complexity index is 728. The molecule has 0 atom stereocenters. The van der Waals surface area contributed by atoms with E-state index in [0.717, 1.165) is 11.8 Å². The summed E-state index contributed by atoms with van der Waals surface area (Å²) >= 11 is 0.745. The molecule has 11 heteroatoms. The average molecular weight is 379 g/mol. The minimum atomic E-state index is -5.78. The van der Waals surface area contributed by atoms with Crippen molar-refractivity contribution in [1.29, 1.82) is 0 Å². The molecule has 0 aromatic carbocycles. The molecular weight excluding hydrogens is 369 g/mol. The van der Waals surface area contributed by atoms with E-state index < -0.39 is 30.4 Å². The summed E-state index contributed by atoms with van der Waals surface area (Å²) in [5.41, 5.74) is 1.02. The number of rotatable bonds is 6. The number of aromatic nitrogens is 3. The van der Waals surface area contributed by atoms with Gasteiger partial charge < -0.3 is 4.74 Å². The number of carbonyl (C=O) groups excluding carboxylic acids is 1. The first kappa shape index (κ1) is 19.0. The van der Waals surface area contributed by atoms with Crippen molar-refractivity contribution in [2.24, 2.45) is 0 Å². The van der Waals surface area contributed by atoms with Gasteiger partial charge in [0.25, 0.3) is 0 Å². The third-order valence-corrected chi connectivity index (χ3v) is 3.54. The Morgan fingerprint density at radius 2 is 1.80 bits per heavy atom. The maximum atomic E-state index is 12.7. The maximum absolute atomic E-state index is 12.7. The number of ether oxygens (including phenoxy) is 1. The van der Waals surface area contributed by atoms with Crippen molar-refractivity contribution in [2.45, 2.75) is 17.3 Å². The van der Waals surface area contributed by atoms with Crippen LogP contribution >= 0.6 is 11.8 Å². The third-order valence-electron chi connectivity index (χ3n) is 2.71. The third kappa shape index (κ3) is 5.34. The highest BCUT2D eigenvalue weighted by atomic mass is 32.2. The fourth-order valence-electron chi connectivity index (χ4n) is 1.49. The molecular formula is C14H10F5N3O2S. The van der Waals surface area contributed by atoms with Crippen molar-refractivity contribution in [1.82, 2.24) is 15.0 Å². The van der Waals surface area contributed by atoms with Crippen molar-refractivity contribution in [3.05, 3.63) is 36.7 Å².